The molecule has 1 aromatic heterocycles. The molecular weight excluding hydrogens is 250 g/mol. The van der Waals surface area contributed by atoms with Crippen LogP contribution < -0.4 is 10.6 Å². The molecule has 4 nitrogen and oxygen atoms in total. The van der Waals surface area contributed by atoms with Crippen molar-refractivity contribution in [2.75, 3.05) is 11.9 Å². The smallest absolute Gasteiger partial charge is 0.270 e. The van der Waals surface area contributed by atoms with Crippen LogP contribution in [0.15, 0.2) is 18.3 Å². The molecule has 0 unspecified atom stereocenters. The molecule has 1 fully saturated rings. The molecule has 0 spiro atoms. The third kappa shape index (κ3) is 4.51. The van der Waals surface area contributed by atoms with Crippen LogP contribution >= 0.6 is 0 Å². The van der Waals surface area contributed by atoms with E-state index in [9.17, 15) is 4.79 Å². The van der Waals surface area contributed by atoms with E-state index in [1.807, 2.05) is 6.07 Å². The van der Waals surface area contributed by atoms with Gasteiger partial charge in [0.15, 0.2) is 0 Å². The van der Waals surface area contributed by atoms with Crippen LogP contribution in [0.4, 0.5) is 5.69 Å². The van der Waals surface area contributed by atoms with Crippen LogP contribution in [-0.4, -0.2) is 23.5 Å². The molecule has 110 valence electrons. The molecule has 1 amide bonds. The number of anilines is 1. The Hall–Kier alpha value is -1.58. The summed E-state index contributed by atoms with van der Waals surface area (Å²) in [4.78, 5) is 16.3. The zero-order valence-corrected chi connectivity index (χ0v) is 12.3. The first-order valence-electron chi connectivity index (χ1n) is 7.80. The van der Waals surface area contributed by atoms with Crippen molar-refractivity contribution in [3.8, 4) is 0 Å². The molecule has 0 saturated heterocycles. The van der Waals surface area contributed by atoms with Crippen molar-refractivity contribution < 1.29 is 4.79 Å². The number of nitrogens with one attached hydrogen (secondary N) is 2. The first-order chi connectivity index (χ1) is 9.79. The maximum atomic E-state index is 12.0. The van der Waals surface area contributed by atoms with Crippen LogP contribution in [0.5, 0.6) is 0 Å². The molecule has 0 aromatic carbocycles. The zero-order valence-electron chi connectivity index (χ0n) is 12.3. The molecule has 1 heterocycles. The highest BCUT2D eigenvalue weighted by Crippen LogP contribution is 2.18. The van der Waals surface area contributed by atoms with Crippen molar-refractivity contribution in [2.24, 2.45) is 0 Å². The quantitative estimate of drug-likeness (QED) is 0.750. The second-order valence-electron chi connectivity index (χ2n) is 5.52. The Balaban J connectivity index is 1.79. The van der Waals surface area contributed by atoms with Gasteiger partial charge in [-0.1, -0.05) is 32.6 Å². The number of aromatic nitrogens is 1. The first kappa shape index (κ1) is 14.8. The van der Waals surface area contributed by atoms with Crippen molar-refractivity contribution in [3.63, 3.8) is 0 Å². The van der Waals surface area contributed by atoms with Gasteiger partial charge in [0.1, 0.15) is 5.69 Å². The first-order valence-corrected chi connectivity index (χ1v) is 7.80. The Morgan fingerprint density at radius 2 is 2.10 bits per heavy atom. The highest BCUT2D eigenvalue weighted by molar-refractivity contribution is 5.92. The number of pyridine rings is 1. The fourth-order valence-electron chi connectivity index (χ4n) is 2.57. The number of rotatable bonds is 7. The predicted octanol–water partition coefficient (Wildman–Crippen LogP) is 3.36. The second kappa shape index (κ2) is 7.88. The van der Waals surface area contributed by atoms with Gasteiger partial charge < -0.3 is 10.6 Å². The van der Waals surface area contributed by atoms with Crippen molar-refractivity contribution in [3.05, 3.63) is 24.0 Å². The van der Waals surface area contributed by atoms with E-state index in [0.717, 1.165) is 25.1 Å². The number of amides is 1. The number of carbonyl (C=O) groups excluding carboxylic acids is 1. The number of hydrogen-bond acceptors (Lipinski definition) is 3. The van der Waals surface area contributed by atoms with Gasteiger partial charge in [0.2, 0.25) is 0 Å². The average molecular weight is 275 g/mol. The summed E-state index contributed by atoms with van der Waals surface area (Å²) in [5.74, 6) is -0.0468. The van der Waals surface area contributed by atoms with E-state index in [-0.39, 0.29) is 5.91 Å². The molecule has 0 aliphatic heterocycles. The molecule has 2 N–H and O–H groups in total. The standard InChI is InChI=1S/C16H25N3O/c1-2-3-6-11-17-14-9-10-15(18-12-14)16(20)19-13-7-4-5-8-13/h9-10,12-13,17H,2-8,11H2,1H3,(H,19,20). The third-order valence-corrected chi connectivity index (χ3v) is 3.80. The van der Waals surface area contributed by atoms with E-state index in [2.05, 4.69) is 22.5 Å². The van der Waals surface area contributed by atoms with E-state index in [4.69, 9.17) is 0 Å². The summed E-state index contributed by atoms with van der Waals surface area (Å²) in [5.41, 5.74) is 1.49. The van der Waals surface area contributed by atoms with Gasteiger partial charge in [0.05, 0.1) is 11.9 Å². The van der Waals surface area contributed by atoms with Gasteiger partial charge in [0, 0.05) is 12.6 Å². The van der Waals surface area contributed by atoms with E-state index < -0.39 is 0 Å². The van der Waals surface area contributed by atoms with E-state index in [0.29, 0.717) is 11.7 Å². The van der Waals surface area contributed by atoms with E-state index >= 15 is 0 Å². The Morgan fingerprint density at radius 1 is 1.30 bits per heavy atom. The lowest BCUT2D eigenvalue weighted by atomic mass is 10.2. The highest BCUT2D eigenvalue weighted by Gasteiger charge is 2.18. The zero-order chi connectivity index (χ0) is 14.2. The van der Waals surface area contributed by atoms with Crippen LogP contribution in [0.2, 0.25) is 0 Å². The summed E-state index contributed by atoms with van der Waals surface area (Å²) in [6.07, 6.45) is 10.0. The Bertz CT molecular complexity index is 410. The molecule has 1 saturated carbocycles. The molecule has 2 rings (SSSR count). The molecule has 0 atom stereocenters. The Labute approximate surface area is 121 Å². The van der Waals surface area contributed by atoms with Gasteiger partial charge >= 0.3 is 0 Å². The number of carbonyl (C=O) groups is 1. The molecule has 0 radical (unpaired) electrons. The lowest BCUT2D eigenvalue weighted by Gasteiger charge is -2.11. The minimum Gasteiger partial charge on any atom is -0.384 e. The maximum absolute atomic E-state index is 12.0. The number of unbranched alkanes of at least 4 members (excludes halogenated alkanes) is 2. The SMILES string of the molecule is CCCCCNc1ccc(C(=O)NC2CCCC2)nc1. The molecule has 4 heteroatoms. The Kier molecular flexibility index (Phi) is 5.84. The van der Waals surface area contributed by atoms with E-state index in [1.165, 1.54) is 32.1 Å². The van der Waals surface area contributed by atoms with Crippen LogP contribution in [0.1, 0.15) is 62.4 Å². The molecule has 1 aliphatic rings. The lowest BCUT2D eigenvalue weighted by molar-refractivity contribution is 0.0933. The van der Waals surface area contributed by atoms with Crippen LogP contribution in [0, 0.1) is 0 Å². The molecule has 1 aliphatic carbocycles. The van der Waals surface area contributed by atoms with Crippen LogP contribution in [0.3, 0.4) is 0 Å². The van der Waals surface area contributed by atoms with Gasteiger partial charge in [-0.2, -0.15) is 0 Å². The summed E-state index contributed by atoms with van der Waals surface area (Å²) < 4.78 is 0. The van der Waals surface area contributed by atoms with Crippen molar-refractivity contribution in [2.45, 2.75) is 57.9 Å². The lowest BCUT2D eigenvalue weighted by Crippen LogP contribution is -2.33. The second-order valence-corrected chi connectivity index (χ2v) is 5.52. The van der Waals surface area contributed by atoms with Gasteiger partial charge in [-0.05, 0) is 31.4 Å². The van der Waals surface area contributed by atoms with Crippen molar-refractivity contribution in [1.29, 1.82) is 0 Å². The van der Waals surface area contributed by atoms with Crippen molar-refractivity contribution in [1.82, 2.24) is 10.3 Å². The van der Waals surface area contributed by atoms with Crippen LogP contribution in [-0.2, 0) is 0 Å². The number of hydrogen-bond donors (Lipinski definition) is 2. The molecular formula is C16H25N3O. The van der Waals surface area contributed by atoms with Gasteiger partial charge in [-0.15, -0.1) is 0 Å². The maximum Gasteiger partial charge on any atom is 0.270 e. The fraction of sp³-hybridized carbons (Fsp3) is 0.625. The summed E-state index contributed by atoms with van der Waals surface area (Å²) in [6, 6.07) is 4.07. The van der Waals surface area contributed by atoms with Gasteiger partial charge in [-0.3, -0.25) is 4.79 Å². The Morgan fingerprint density at radius 3 is 2.75 bits per heavy atom. The summed E-state index contributed by atoms with van der Waals surface area (Å²) in [7, 11) is 0. The molecule has 1 aromatic rings. The number of nitrogens with zero attached hydrogens (tertiary/aromatic N) is 1. The van der Waals surface area contributed by atoms with Crippen LogP contribution in [0.25, 0.3) is 0 Å². The molecule has 0 bridgehead atoms. The predicted molar refractivity (Wildman–Crippen MR) is 82.0 cm³/mol. The van der Waals surface area contributed by atoms with Crippen molar-refractivity contribution >= 4 is 11.6 Å². The third-order valence-electron chi connectivity index (χ3n) is 3.80. The molecule has 20 heavy (non-hydrogen) atoms. The summed E-state index contributed by atoms with van der Waals surface area (Å²) >= 11 is 0. The summed E-state index contributed by atoms with van der Waals surface area (Å²) in [6.45, 7) is 3.16. The topological polar surface area (TPSA) is 54.0 Å². The minimum atomic E-state index is -0.0468. The largest absolute Gasteiger partial charge is 0.384 e. The summed E-state index contributed by atoms with van der Waals surface area (Å²) in [5, 5.41) is 6.38. The monoisotopic (exact) mass is 275 g/mol. The average Bonchev–Trinajstić information content (AvgIpc) is 2.97. The highest BCUT2D eigenvalue weighted by atomic mass is 16.1. The normalized spacial score (nSPS) is 15.2. The minimum absolute atomic E-state index is 0.0468. The van der Waals surface area contributed by atoms with E-state index in [1.54, 1.807) is 12.3 Å². The fourth-order valence-corrected chi connectivity index (χ4v) is 2.57. The van der Waals surface area contributed by atoms with Gasteiger partial charge in [-0.25, -0.2) is 4.98 Å². The van der Waals surface area contributed by atoms with Gasteiger partial charge in [0.25, 0.3) is 5.91 Å².